The highest BCUT2D eigenvalue weighted by molar-refractivity contribution is 5.77. The van der Waals surface area contributed by atoms with E-state index < -0.39 is 0 Å². The molecule has 0 aliphatic heterocycles. The molecule has 1 amide bonds. The molecule has 0 saturated heterocycles. The first kappa shape index (κ1) is 19.7. The fourth-order valence-corrected chi connectivity index (χ4v) is 2.53. The van der Waals surface area contributed by atoms with Crippen LogP contribution in [0.5, 0.6) is 11.5 Å². The SMILES string of the molecule is COc1ccc(CCNCC(=O)NCCc2ccc(F)cc2)cc1OC. The molecule has 2 rings (SSSR count). The Balaban J connectivity index is 1.63. The van der Waals surface area contributed by atoms with Gasteiger partial charge in [0.05, 0.1) is 20.8 Å². The standard InChI is InChI=1S/C20H25FN2O3/c1-25-18-8-5-16(13-19(18)26-2)9-11-22-14-20(24)23-12-10-15-3-6-17(21)7-4-15/h3-8,13,22H,9-12,14H2,1-2H3,(H,23,24). The number of hydrogen-bond donors (Lipinski definition) is 2. The highest BCUT2D eigenvalue weighted by Gasteiger charge is 2.05. The van der Waals surface area contributed by atoms with Crippen molar-refractivity contribution < 1.29 is 18.7 Å². The third kappa shape index (κ3) is 6.37. The molecule has 0 fully saturated rings. The van der Waals surface area contributed by atoms with E-state index in [1.807, 2.05) is 18.2 Å². The fourth-order valence-electron chi connectivity index (χ4n) is 2.53. The van der Waals surface area contributed by atoms with Crippen molar-refractivity contribution in [1.82, 2.24) is 10.6 Å². The number of halogens is 1. The summed E-state index contributed by atoms with van der Waals surface area (Å²) in [5, 5.41) is 5.97. The minimum Gasteiger partial charge on any atom is -0.493 e. The van der Waals surface area contributed by atoms with E-state index >= 15 is 0 Å². The van der Waals surface area contributed by atoms with Crippen LogP contribution in [-0.2, 0) is 17.6 Å². The number of nitrogens with one attached hydrogen (secondary N) is 2. The molecule has 2 aromatic carbocycles. The molecule has 0 saturated carbocycles. The quantitative estimate of drug-likeness (QED) is 0.639. The van der Waals surface area contributed by atoms with E-state index in [1.54, 1.807) is 26.4 Å². The van der Waals surface area contributed by atoms with Crippen LogP contribution >= 0.6 is 0 Å². The summed E-state index contributed by atoms with van der Waals surface area (Å²) in [6, 6.07) is 12.1. The molecule has 26 heavy (non-hydrogen) atoms. The van der Waals surface area contributed by atoms with Gasteiger partial charge in [-0.25, -0.2) is 4.39 Å². The number of ether oxygens (including phenoxy) is 2. The normalized spacial score (nSPS) is 10.4. The van der Waals surface area contributed by atoms with Crippen LogP contribution in [0.15, 0.2) is 42.5 Å². The molecule has 0 radical (unpaired) electrons. The Hall–Kier alpha value is -2.60. The molecule has 0 spiro atoms. The van der Waals surface area contributed by atoms with Gasteiger partial charge in [-0.2, -0.15) is 0 Å². The zero-order valence-electron chi connectivity index (χ0n) is 15.2. The number of amides is 1. The number of hydrogen-bond acceptors (Lipinski definition) is 4. The lowest BCUT2D eigenvalue weighted by Gasteiger charge is -2.10. The Bertz CT molecular complexity index is 705. The average Bonchev–Trinajstić information content (AvgIpc) is 2.66. The number of benzene rings is 2. The molecule has 0 unspecified atom stereocenters. The van der Waals surface area contributed by atoms with Crippen LogP contribution in [0.4, 0.5) is 4.39 Å². The molecule has 140 valence electrons. The van der Waals surface area contributed by atoms with Gasteiger partial charge in [0.15, 0.2) is 11.5 Å². The number of rotatable bonds is 10. The minimum absolute atomic E-state index is 0.0561. The topological polar surface area (TPSA) is 59.6 Å². The van der Waals surface area contributed by atoms with Gasteiger partial charge in [0, 0.05) is 6.54 Å². The van der Waals surface area contributed by atoms with Crippen LogP contribution in [0, 0.1) is 5.82 Å². The molecule has 5 nitrogen and oxygen atoms in total. The largest absolute Gasteiger partial charge is 0.493 e. The van der Waals surface area contributed by atoms with Crippen LogP contribution in [-0.4, -0.2) is 39.8 Å². The summed E-state index contributed by atoms with van der Waals surface area (Å²) in [5.74, 6) is 1.09. The lowest BCUT2D eigenvalue weighted by molar-refractivity contribution is -0.120. The maximum absolute atomic E-state index is 12.8. The second kappa shape index (κ2) is 10.4. The number of carbonyl (C=O) groups is 1. The van der Waals surface area contributed by atoms with Crippen LogP contribution in [0.2, 0.25) is 0 Å². The van der Waals surface area contributed by atoms with Crippen molar-refractivity contribution in [3.05, 3.63) is 59.4 Å². The van der Waals surface area contributed by atoms with Crippen molar-refractivity contribution >= 4 is 5.91 Å². The lowest BCUT2D eigenvalue weighted by atomic mass is 10.1. The molecule has 0 aliphatic rings. The predicted octanol–water partition coefficient (Wildman–Crippen LogP) is 2.33. The molecule has 2 aromatic rings. The Labute approximate surface area is 153 Å². The third-order valence-corrected chi connectivity index (χ3v) is 3.97. The molecule has 0 bridgehead atoms. The zero-order valence-corrected chi connectivity index (χ0v) is 15.2. The first-order valence-electron chi connectivity index (χ1n) is 8.55. The first-order chi connectivity index (χ1) is 12.6. The van der Waals surface area contributed by atoms with E-state index in [2.05, 4.69) is 10.6 Å². The van der Waals surface area contributed by atoms with Gasteiger partial charge in [0.2, 0.25) is 5.91 Å². The summed E-state index contributed by atoms with van der Waals surface area (Å²) in [6.45, 7) is 1.47. The third-order valence-electron chi connectivity index (χ3n) is 3.97. The second-order valence-corrected chi connectivity index (χ2v) is 5.84. The van der Waals surface area contributed by atoms with E-state index in [-0.39, 0.29) is 18.3 Å². The van der Waals surface area contributed by atoms with Crippen molar-refractivity contribution in [3.8, 4) is 11.5 Å². The van der Waals surface area contributed by atoms with Crippen molar-refractivity contribution in [3.63, 3.8) is 0 Å². The highest BCUT2D eigenvalue weighted by Crippen LogP contribution is 2.27. The van der Waals surface area contributed by atoms with Crippen LogP contribution in [0.1, 0.15) is 11.1 Å². The van der Waals surface area contributed by atoms with Gasteiger partial charge < -0.3 is 20.1 Å². The molecule has 2 N–H and O–H groups in total. The monoisotopic (exact) mass is 360 g/mol. The summed E-state index contributed by atoms with van der Waals surface area (Å²) >= 11 is 0. The molecule has 6 heteroatoms. The lowest BCUT2D eigenvalue weighted by Crippen LogP contribution is -2.35. The Morgan fingerprint density at radius 3 is 2.27 bits per heavy atom. The number of methoxy groups -OCH3 is 2. The van der Waals surface area contributed by atoms with Crippen molar-refractivity contribution in [2.45, 2.75) is 12.8 Å². The Morgan fingerprint density at radius 1 is 0.923 bits per heavy atom. The predicted molar refractivity (Wildman–Crippen MR) is 99.2 cm³/mol. The molecule has 0 aliphatic carbocycles. The van der Waals surface area contributed by atoms with Crippen molar-refractivity contribution in [2.24, 2.45) is 0 Å². The van der Waals surface area contributed by atoms with E-state index in [1.165, 1.54) is 12.1 Å². The summed E-state index contributed by atoms with van der Waals surface area (Å²) in [4.78, 5) is 11.8. The molecule has 0 atom stereocenters. The van der Waals surface area contributed by atoms with E-state index in [0.717, 1.165) is 17.5 Å². The molecule has 0 heterocycles. The van der Waals surface area contributed by atoms with Gasteiger partial charge in [-0.3, -0.25) is 4.79 Å². The van der Waals surface area contributed by atoms with Gasteiger partial charge in [-0.05, 0) is 54.8 Å². The van der Waals surface area contributed by atoms with Gasteiger partial charge in [-0.1, -0.05) is 18.2 Å². The first-order valence-corrected chi connectivity index (χ1v) is 8.55. The zero-order chi connectivity index (χ0) is 18.8. The number of carbonyl (C=O) groups excluding carboxylic acids is 1. The van der Waals surface area contributed by atoms with Crippen LogP contribution in [0.25, 0.3) is 0 Å². The van der Waals surface area contributed by atoms with Crippen LogP contribution in [0.3, 0.4) is 0 Å². The summed E-state index contributed by atoms with van der Waals surface area (Å²) in [6.07, 6.45) is 1.46. The van der Waals surface area contributed by atoms with Crippen molar-refractivity contribution in [1.29, 1.82) is 0 Å². The summed E-state index contributed by atoms with van der Waals surface area (Å²) in [7, 11) is 3.21. The minimum atomic E-state index is -0.253. The van der Waals surface area contributed by atoms with E-state index in [0.29, 0.717) is 31.0 Å². The Morgan fingerprint density at radius 2 is 1.58 bits per heavy atom. The molecular weight excluding hydrogens is 335 g/mol. The summed E-state index contributed by atoms with van der Waals surface area (Å²) < 4.78 is 23.3. The van der Waals surface area contributed by atoms with Gasteiger partial charge in [0.1, 0.15) is 5.82 Å². The van der Waals surface area contributed by atoms with Crippen LogP contribution < -0.4 is 20.1 Å². The van der Waals surface area contributed by atoms with E-state index in [4.69, 9.17) is 9.47 Å². The maximum atomic E-state index is 12.8. The van der Waals surface area contributed by atoms with E-state index in [9.17, 15) is 9.18 Å². The fraction of sp³-hybridized carbons (Fsp3) is 0.350. The highest BCUT2D eigenvalue weighted by atomic mass is 19.1. The maximum Gasteiger partial charge on any atom is 0.233 e. The second-order valence-electron chi connectivity index (χ2n) is 5.84. The smallest absolute Gasteiger partial charge is 0.233 e. The van der Waals surface area contributed by atoms with Gasteiger partial charge in [-0.15, -0.1) is 0 Å². The summed E-state index contributed by atoms with van der Waals surface area (Å²) in [5.41, 5.74) is 2.10. The Kier molecular flexibility index (Phi) is 7.89. The average molecular weight is 360 g/mol. The molecule has 0 aromatic heterocycles. The van der Waals surface area contributed by atoms with Crippen molar-refractivity contribution in [2.75, 3.05) is 33.9 Å². The molecular formula is C20H25FN2O3. The van der Waals surface area contributed by atoms with Gasteiger partial charge >= 0.3 is 0 Å². The van der Waals surface area contributed by atoms with Gasteiger partial charge in [0.25, 0.3) is 0 Å².